The number of thiol groups is 1. The zero-order valence-electron chi connectivity index (χ0n) is 25.2. The second kappa shape index (κ2) is 11.2. The summed E-state index contributed by atoms with van der Waals surface area (Å²) >= 11 is 5.18. The van der Waals surface area contributed by atoms with E-state index in [-0.39, 0.29) is 33.3 Å². The third kappa shape index (κ3) is 4.43. The molecule has 1 N–H and O–H groups in total. The number of nitrogens with zero attached hydrogens (tertiary/aromatic N) is 1. The summed E-state index contributed by atoms with van der Waals surface area (Å²) in [5, 5.41) is 9.20. The van der Waals surface area contributed by atoms with Gasteiger partial charge in [0.2, 0.25) is 0 Å². The molecular formula is C39H31NO4S2. The maximum absolute atomic E-state index is 13.0. The van der Waals surface area contributed by atoms with E-state index in [2.05, 4.69) is 84.3 Å². The molecule has 4 aromatic carbocycles. The van der Waals surface area contributed by atoms with Crippen LogP contribution in [0.4, 0.5) is 11.4 Å². The lowest BCUT2D eigenvalue weighted by atomic mass is 9.95. The van der Waals surface area contributed by atoms with E-state index in [1.165, 1.54) is 82.2 Å². The zero-order chi connectivity index (χ0) is 31.7. The third-order valence-corrected chi connectivity index (χ3v) is 11.2. The quantitative estimate of drug-likeness (QED) is 0.116. The van der Waals surface area contributed by atoms with Gasteiger partial charge in [0.05, 0.1) is 11.1 Å². The van der Waals surface area contributed by atoms with Crippen LogP contribution in [-0.4, -0.2) is 40.2 Å². The normalized spacial score (nSPS) is 22.3. The van der Waals surface area contributed by atoms with Crippen molar-refractivity contribution in [1.82, 2.24) is 0 Å². The van der Waals surface area contributed by atoms with Crippen LogP contribution in [-0.2, 0) is 6.42 Å². The van der Waals surface area contributed by atoms with Gasteiger partial charge in [-0.3, -0.25) is 9.59 Å². The number of benzene rings is 4. The molecule has 3 unspecified atom stereocenters. The van der Waals surface area contributed by atoms with E-state index >= 15 is 0 Å². The Morgan fingerprint density at radius 2 is 1.65 bits per heavy atom. The fourth-order valence-electron chi connectivity index (χ4n) is 7.92. The van der Waals surface area contributed by atoms with Crippen LogP contribution in [0, 0.1) is 0 Å². The van der Waals surface area contributed by atoms with Gasteiger partial charge in [-0.25, -0.2) is 4.79 Å². The first kappa shape index (κ1) is 29.1. The average Bonchev–Trinajstić information content (AvgIpc) is 3.81. The molecule has 0 bridgehead atoms. The third-order valence-electron chi connectivity index (χ3n) is 10.00. The van der Waals surface area contributed by atoms with Crippen LogP contribution < -0.4 is 4.90 Å². The fourth-order valence-corrected chi connectivity index (χ4v) is 8.89. The van der Waals surface area contributed by atoms with Crippen LogP contribution in [0.15, 0.2) is 96.6 Å². The van der Waals surface area contributed by atoms with Crippen molar-refractivity contribution in [2.75, 3.05) is 11.2 Å². The number of fused-ring (bicyclic) bond motifs is 7. The van der Waals surface area contributed by atoms with E-state index in [0.29, 0.717) is 12.0 Å². The number of Topliss-reactive ketones (excluding diaryl/α,β-unsaturated/α-hetero) is 2. The molecule has 5 aliphatic rings. The van der Waals surface area contributed by atoms with Crippen LogP contribution in [0.1, 0.15) is 78.5 Å². The smallest absolute Gasteiger partial charge is 0.335 e. The molecule has 4 aromatic rings. The summed E-state index contributed by atoms with van der Waals surface area (Å²) < 4.78 is 0. The maximum Gasteiger partial charge on any atom is 0.335 e. The number of thioether (sulfide) groups is 1. The summed E-state index contributed by atoms with van der Waals surface area (Å²) in [5.74, 6) is -1.33. The number of allylic oxidation sites excluding steroid dienone is 1. The molecule has 9 rings (SSSR count). The van der Waals surface area contributed by atoms with Gasteiger partial charge in [-0.05, 0) is 101 Å². The van der Waals surface area contributed by atoms with Crippen LogP contribution in [0.25, 0.3) is 16.0 Å². The Hall–Kier alpha value is -4.33. The lowest BCUT2D eigenvalue weighted by molar-refractivity contribution is 0.0696. The molecule has 5 nitrogen and oxygen atoms in total. The van der Waals surface area contributed by atoms with Crippen molar-refractivity contribution in [1.29, 1.82) is 0 Å². The van der Waals surface area contributed by atoms with Gasteiger partial charge < -0.3 is 10.0 Å². The average molecular weight is 642 g/mol. The summed E-state index contributed by atoms with van der Waals surface area (Å²) in [7, 11) is 0. The van der Waals surface area contributed by atoms with Gasteiger partial charge in [0.15, 0.2) is 11.6 Å². The molecule has 3 atom stereocenters. The lowest BCUT2D eigenvalue weighted by Gasteiger charge is -2.28. The molecule has 0 radical (unpaired) electrons. The molecule has 0 amide bonds. The first-order valence-electron chi connectivity index (χ1n) is 15.6. The standard InChI is InChI=1S/C38H27NO4S.CH4S/c40-36-28-12-9-23(38(42)43)16-31(28)37(41)32(36)18-25-19-35(44-25)22-10-13-34-30(15-22)27-6-3-7-33(27)39(34)24-11-8-21-14-20-4-1-2-5-26(20)29(21)17-24;1-2/h1-2,4-5,8-13,15-19,25,27,33H,3,6-7,14H2,(H,42,43);2H,1H3/b32-18+;. The molecule has 1 saturated carbocycles. The summed E-state index contributed by atoms with van der Waals surface area (Å²) in [6.07, 6.45) is 10.2. The lowest BCUT2D eigenvalue weighted by Crippen LogP contribution is -2.26. The Bertz CT molecular complexity index is 2060. The van der Waals surface area contributed by atoms with E-state index < -0.39 is 11.8 Å². The summed E-state index contributed by atoms with van der Waals surface area (Å²) in [4.78, 5) is 41.0. The van der Waals surface area contributed by atoms with Crippen LogP contribution in [0.2, 0.25) is 0 Å². The second-order valence-electron chi connectivity index (χ2n) is 12.3. The Kier molecular flexibility index (Phi) is 7.07. The van der Waals surface area contributed by atoms with Crippen molar-refractivity contribution in [2.24, 2.45) is 0 Å². The monoisotopic (exact) mass is 641 g/mol. The summed E-state index contributed by atoms with van der Waals surface area (Å²) in [5.41, 5.74) is 11.3. The van der Waals surface area contributed by atoms with Crippen LogP contribution in [0.5, 0.6) is 0 Å². The SMILES string of the molecule is CS.O=C(O)c1ccc2c(c1)C(=O)/C(=C/C1C=C(c3ccc4c(c3)C3CCCC3N4c3ccc4c(c3)-c3ccccc3C4)S1)C2=O. The van der Waals surface area contributed by atoms with E-state index in [1.807, 2.05) is 0 Å². The Morgan fingerprint density at radius 1 is 0.870 bits per heavy atom. The Balaban J connectivity index is 0.00000153. The van der Waals surface area contributed by atoms with Gasteiger partial charge >= 0.3 is 5.97 Å². The Labute approximate surface area is 277 Å². The van der Waals surface area contributed by atoms with E-state index in [1.54, 1.807) is 24.1 Å². The number of carboxylic acid groups (broad SMARTS) is 1. The van der Waals surface area contributed by atoms with Gasteiger partial charge in [0, 0.05) is 44.6 Å². The van der Waals surface area contributed by atoms with Gasteiger partial charge in [-0.2, -0.15) is 12.6 Å². The van der Waals surface area contributed by atoms with Crippen molar-refractivity contribution < 1.29 is 19.5 Å². The van der Waals surface area contributed by atoms with Crippen molar-refractivity contribution in [3.8, 4) is 11.1 Å². The van der Waals surface area contributed by atoms with Gasteiger partial charge in [-0.1, -0.05) is 55.0 Å². The highest BCUT2D eigenvalue weighted by atomic mass is 32.2. The highest BCUT2D eigenvalue weighted by Gasteiger charge is 2.43. The van der Waals surface area contributed by atoms with Gasteiger partial charge in [-0.15, -0.1) is 11.8 Å². The van der Waals surface area contributed by atoms with E-state index in [4.69, 9.17) is 0 Å². The molecule has 2 heterocycles. The highest BCUT2D eigenvalue weighted by molar-refractivity contribution is 8.10. The number of anilines is 2. The van der Waals surface area contributed by atoms with Crippen molar-refractivity contribution in [3.63, 3.8) is 0 Å². The number of hydrogen-bond donors (Lipinski definition) is 2. The van der Waals surface area contributed by atoms with Crippen LogP contribution >= 0.6 is 24.4 Å². The molecule has 7 heteroatoms. The predicted molar refractivity (Wildman–Crippen MR) is 188 cm³/mol. The first-order chi connectivity index (χ1) is 22.4. The molecule has 2 aliphatic heterocycles. The largest absolute Gasteiger partial charge is 0.478 e. The topological polar surface area (TPSA) is 74.7 Å². The highest BCUT2D eigenvalue weighted by Crippen LogP contribution is 2.55. The molecular weight excluding hydrogens is 611 g/mol. The molecule has 1 fully saturated rings. The molecule has 0 saturated heterocycles. The number of hydrogen-bond acceptors (Lipinski definition) is 6. The minimum absolute atomic E-state index is 0.00698. The number of carbonyl (C=O) groups is 3. The second-order valence-corrected chi connectivity index (χ2v) is 13.6. The molecule has 0 aromatic heterocycles. The number of rotatable bonds is 4. The minimum atomic E-state index is -1.12. The van der Waals surface area contributed by atoms with Crippen molar-refractivity contribution in [2.45, 2.75) is 42.9 Å². The fraction of sp³-hybridized carbons (Fsp3) is 0.205. The van der Waals surface area contributed by atoms with Gasteiger partial charge in [0.25, 0.3) is 0 Å². The number of aromatic carboxylic acids is 1. The summed E-state index contributed by atoms with van der Waals surface area (Å²) in [6, 6.07) is 27.2. The molecule has 228 valence electrons. The van der Waals surface area contributed by atoms with Crippen LogP contribution in [0.3, 0.4) is 0 Å². The predicted octanol–water partition coefficient (Wildman–Crippen LogP) is 8.75. The summed E-state index contributed by atoms with van der Waals surface area (Å²) in [6.45, 7) is 0. The minimum Gasteiger partial charge on any atom is -0.478 e. The molecule has 46 heavy (non-hydrogen) atoms. The van der Waals surface area contributed by atoms with Crippen molar-refractivity contribution >= 4 is 58.2 Å². The maximum atomic E-state index is 13.0. The number of carboxylic acids is 1. The number of carbonyl (C=O) groups excluding carboxylic acids is 2. The zero-order valence-corrected chi connectivity index (χ0v) is 26.9. The van der Waals surface area contributed by atoms with Crippen molar-refractivity contribution in [3.05, 3.63) is 136 Å². The van der Waals surface area contributed by atoms with E-state index in [9.17, 15) is 19.5 Å². The van der Waals surface area contributed by atoms with E-state index in [0.717, 1.165) is 11.3 Å². The Morgan fingerprint density at radius 3 is 2.48 bits per heavy atom. The first-order valence-corrected chi connectivity index (χ1v) is 17.4. The number of ketones is 2. The van der Waals surface area contributed by atoms with Gasteiger partial charge in [0.1, 0.15) is 0 Å². The molecule has 0 spiro atoms. The molecule has 3 aliphatic carbocycles.